The molecule has 5 nitrogen and oxygen atoms in total. The number of nitrogens with zero attached hydrogens (tertiary/aromatic N) is 4. The van der Waals surface area contributed by atoms with E-state index in [0.29, 0.717) is 18.4 Å². The van der Waals surface area contributed by atoms with Crippen LogP contribution in [0.1, 0.15) is 18.9 Å². The van der Waals surface area contributed by atoms with Gasteiger partial charge in [-0.3, -0.25) is 0 Å². The van der Waals surface area contributed by atoms with Gasteiger partial charge in [0, 0.05) is 25.2 Å². The van der Waals surface area contributed by atoms with E-state index in [1.165, 1.54) is 0 Å². The zero-order chi connectivity index (χ0) is 15.2. The maximum Gasteiger partial charge on any atom is 0.231 e. The largest absolute Gasteiger partial charge is 0.354 e. The van der Waals surface area contributed by atoms with E-state index in [2.05, 4.69) is 27.2 Å². The van der Waals surface area contributed by atoms with Gasteiger partial charge in [0.15, 0.2) is 0 Å². The third-order valence-corrected chi connectivity index (χ3v) is 3.22. The number of rotatable bonds is 6. The van der Waals surface area contributed by atoms with Crippen LogP contribution in [0.3, 0.4) is 0 Å². The molecule has 0 saturated carbocycles. The molecule has 0 fully saturated rings. The van der Waals surface area contributed by atoms with E-state index in [9.17, 15) is 0 Å². The van der Waals surface area contributed by atoms with E-state index in [-0.39, 0.29) is 5.28 Å². The zero-order valence-corrected chi connectivity index (χ0v) is 13.5. The predicted molar refractivity (Wildman–Crippen MR) is 87.2 cm³/mol. The molecule has 0 atom stereocenters. The normalized spacial score (nSPS) is 10.5. The molecule has 1 aromatic carbocycles. The minimum absolute atomic E-state index is 0.182. The van der Waals surface area contributed by atoms with E-state index < -0.39 is 0 Å². The first kappa shape index (κ1) is 15.8. The van der Waals surface area contributed by atoms with Crippen molar-refractivity contribution in [3.05, 3.63) is 40.1 Å². The van der Waals surface area contributed by atoms with Gasteiger partial charge in [-0.1, -0.05) is 30.7 Å². The van der Waals surface area contributed by atoms with Gasteiger partial charge in [-0.2, -0.15) is 15.0 Å². The van der Waals surface area contributed by atoms with Crippen LogP contribution >= 0.6 is 23.2 Å². The Morgan fingerprint density at radius 2 is 1.81 bits per heavy atom. The van der Waals surface area contributed by atoms with Crippen LogP contribution < -0.4 is 10.2 Å². The number of anilines is 2. The molecule has 0 aliphatic rings. The average molecular weight is 326 g/mol. The van der Waals surface area contributed by atoms with E-state index >= 15 is 0 Å². The fourth-order valence-corrected chi connectivity index (χ4v) is 2.04. The molecular weight excluding hydrogens is 309 g/mol. The quantitative estimate of drug-likeness (QED) is 0.878. The minimum Gasteiger partial charge on any atom is -0.354 e. The summed E-state index contributed by atoms with van der Waals surface area (Å²) in [5.41, 5.74) is 1.11. The first-order valence-electron chi connectivity index (χ1n) is 6.69. The maximum atomic E-state index is 5.95. The van der Waals surface area contributed by atoms with E-state index in [0.717, 1.165) is 23.6 Å². The summed E-state index contributed by atoms with van der Waals surface area (Å²) in [4.78, 5) is 14.5. The van der Waals surface area contributed by atoms with Crippen LogP contribution in [0.15, 0.2) is 24.3 Å². The predicted octanol–water partition coefficient (Wildman–Crippen LogP) is 3.64. The van der Waals surface area contributed by atoms with Crippen molar-refractivity contribution in [1.29, 1.82) is 0 Å². The lowest BCUT2D eigenvalue weighted by Crippen LogP contribution is -2.20. The van der Waals surface area contributed by atoms with Crippen molar-refractivity contribution in [3.63, 3.8) is 0 Å². The fraction of sp³-hybridized carbons (Fsp3) is 0.357. The topological polar surface area (TPSA) is 53.9 Å². The first-order valence-corrected chi connectivity index (χ1v) is 7.45. The monoisotopic (exact) mass is 325 g/mol. The average Bonchev–Trinajstić information content (AvgIpc) is 2.47. The molecule has 2 aromatic rings. The molecule has 112 valence electrons. The van der Waals surface area contributed by atoms with Gasteiger partial charge in [0.2, 0.25) is 17.2 Å². The molecular formula is C14H17Cl2N5. The lowest BCUT2D eigenvalue weighted by Gasteiger charge is -2.17. The molecule has 1 aromatic heterocycles. The first-order chi connectivity index (χ1) is 10.1. The van der Waals surface area contributed by atoms with Gasteiger partial charge >= 0.3 is 0 Å². The van der Waals surface area contributed by atoms with Gasteiger partial charge in [-0.15, -0.1) is 0 Å². The van der Waals surface area contributed by atoms with Crippen LogP contribution in [-0.4, -0.2) is 28.5 Å². The van der Waals surface area contributed by atoms with E-state index in [1.807, 2.05) is 36.2 Å². The van der Waals surface area contributed by atoms with Crippen LogP contribution in [-0.2, 0) is 6.54 Å². The van der Waals surface area contributed by atoms with Gasteiger partial charge in [0.05, 0.1) is 0 Å². The standard InChI is InChI=1S/C14H17Cl2N5/c1-3-8-17-13-18-12(16)19-14(20-13)21(2)9-10-4-6-11(15)7-5-10/h4-7H,3,8-9H2,1-2H3,(H,17,18,19,20). The summed E-state index contributed by atoms with van der Waals surface area (Å²) in [6, 6.07) is 7.66. The van der Waals surface area contributed by atoms with Crippen molar-refractivity contribution < 1.29 is 0 Å². The molecule has 21 heavy (non-hydrogen) atoms. The lowest BCUT2D eigenvalue weighted by molar-refractivity contribution is 0.847. The molecule has 0 saturated heterocycles. The summed E-state index contributed by atoms with van der Waals surface area (Å²) >= 11 is 11.8. The van der Waals surface area contributed by atoms with Crippen LogP contribution in [0.2, 0.25) is 10.3 Å². The second-order valence-electron chi connectivity index (χ2n) is 4.64. The van der Waals surface area contributed by atoms with Crippen molar-refractivity contribution >= 4 is 35.1 Å². The van der Waals surface area contributed by atoms with Crippen LogP contribution in [0.4, 0.5) is 11.9 Å². The molecule has 1 N–H and O–H groups in total. The Morgan fingerprint density at radius 3 is 2.48 bits per heavy atom. The van der Waals surface area contributed by atoms with Gasteiger partial charge < -0.3 is 10.2 Å². The van der Waals surface area contributed by atoms with Gasteiger partial charge in [0.1, 0.15) is 0 Å². The van der Waals surface area contributed by atoms with Crippen molar-refractivity contribution in [1.82, 2.24) is 15.0 Å². The van der Waals surface area contributed by atoms with Gasteiger partial charge in [-0.25, -0.2) is 0 Å². The Hall–Kier alpha value is -1.59. The summed E-state index contributed by atoms with van der Waals surface area (Å²) < 4.78 is 0. The molecule has 0 bridgehead atoms. The third kappa shape index (κ3) is 4.72. The molecule has 1 heterocycles. The minimum atomic E-state index is 0.182. The fourth-order valence-electron chi connectivity index (χ4n) is 1.76. The van der Waals surface area contributed by atoms with Gasteiger partial charge in [-0.05, 0) is 35.7 Å². The Morgan fingerprint density at radius 1 is 1.10 bits per heavy atom. The van der Waals surface area contributed by atoms with Crippen molar-refractivity contribution in [3.8, 4) is 0 Å². The maximum absolute atomic E-state index is 5.95. The summed E-state index contributed by atoms with van der Waals surface area (Å²) in [5, 5.41) is 4.01. The van der Waals surface area contributed by atoms with Crippen LogP contribution in [0.5, 0.6) is 0 Å². The van der Waals surface area contributed by atoms with Crippen molar-refractivity contribution in [2.24, 2.45) is 0 Å². The summed E-state index contributed by atoms with van der Waals surface area (Å²) in [5.74, 6) is 1.03. The number of benzene rings is 1. The van der Waals surface area contributed by atoms with Crippen LogP contribution in [0.25, 0.3) is 0 Å². The highest BCUT2D eigenvalue weighted by molar-refractivity contribution is 6.30. The summed E-state index contributed by atoms with van der Waals surface area (Å²) in [7, 11) is 1.91. The highest BCUT2D eigenvalue weighted by Crippen LogP contribution is 2.16. The number of nitrogens with one attached hydrogen (secondary N) is 1. The number of hydrogen-bond donors (Lipinski definition) is 1. The van der Waals surface area contributed by atoms with Gasteiger partial charge in [0.25, 0.3) is 0 Å². The summed E-state index contributed by atoms with van der Waals surface area (Å²) in [6.45, 7) is 3.52. The Labute approximate surface area is 134 Å². The van der Waals surface area contributed by atoms with E-state index in [1.54, 1.807) is 0 Å². The molecule has 2 rings (SSSR count). The van der Waals surface area contributed by atoms with Crippen molar-refractivity contribution in [2.75, 3.05) is 23.8 Å². The smallest absolute Gasteiger partial charge is 0.231 e. The third-order valence-electron chi connectivity index (χ3n) is 2.80. The molecule has 0 unspecified atom stereocenters. The molecule has 0 amide bonds. The molecule has 7 heteroatoms. The summed E-state index contributed by atoms with van der Waals surface area (Å²) in [6.07, 6.45) is 0.985. The number of aromatic nitrogens is 3. The number of hydrogen-bond acceptors (Lipinski definition) is 5. The Kier molecular flexibility index (Phi) is 5.59. The Balaban J connectivity index is 2.12. The second kappa shape index (κ2) is 7.43. The molecule has 0 spiro atoms. The molecule has 0 aliphatic carbocycles. The number of halogens is 2. The molecule has 0 radical (unpaired) electrons. The SMILES string of the molecule is CCCNc1nc(Cl)nc(N(C)Cc2ccc(Cl)cc2)n1. The highest BCUT2D eigenvalue weighted by Gasteiger charge is 2.09. The zero-order valence-electron chi connectivity index (χ0n) is 12.0. The second-order valence-corrected chi connectivity index (χ2v) is 5.41. The van der Waals surface area contributed by atoms with Crippen LogP contribution in [0, 0.1) is 0 Å². The lowest BCUT2D eigenvalue weighted by atomic mass is 10.2. The Bertz CT molecular complexity index is 588. The van der Waals surface area contributed by atoms with E-state index in [4.69, 9.17) is 23.2 Å². The van der Waals surface area contributed by atoms with Crippen molar-refractivity contribution in [2.45, 2.75) is 19.9 Å². The molecule has 0 aliphatic heterocycles. The highest BCUT2D eigenvalue weighted by atomic mass is 35.5.